The molecule has 96 heavy (non-hydrogen) atoms. The Labute approximate surface area is 589 Å². The molecule has 6 atom stereocenters. The van der Waals surface area contributed by atoms with Crippen molar-refractivity contribution in [2.75, 3.05) is 64.0 Å². The van der Waals surface area contributed by atoms with Crippen molar-refractivity contribution in [1.29, 1.82) is 0 Å². The molecule has 2 saturated heterocycles. The smallest absolute Gasteiger partial charge is 0.311 e. The van der Waals surface area contributed by atoms with E-state index in [1.807, 2.05) is 39.5 Å². The van der Waals surface area contributed by atoms with Crippen LogP contribution in [0.4, 0.5) is 0 Å². The summed E-state index contributed by atoms with van der Waals surface area (Å²) < 4.78 is 37.2. The summed E-state index contributed by atoms with van der Waals surface area (Å²) in [7, 11) is 0. The van der Waals surface area contributed by atoms with Crippen LogP contribution in [-0.4, -0.2) is 109 Å². The zero-order valence-electron chi connectivity index (χ0n) is 64.0. The minimum absolute atomic E-state index is 0.0118. The molecule has 0 bridgehead atoms. The molecule has 6 rings (SSSR count). The maximum Gasteiger partial charge on any atom is 0.311 e. The van der Waals surface area contributed by atoms with Gasteiger partial charge in [-0.3, -0.25) is 19.2 Å². The normalized spacial score (nSPS) is 20.1. The highest BCUT2D eigenvalue weighted by Crippen LogP contribution is 2.47. The van der Waals surface area contributed by atoms with Gasteiger partial charge >= 0.3 is 23.9 Å². The molecule has 4 aliphatic heterocycles. The summed E-state index contributed by atoms with van der Waals surface area (Å²) in [5.41, 5.74) is 7.70. The van der Waals surface area contributed by atoms with Gasteiger partial charge in [-0.1, -0.05) is 145 Å². The van der Waals surface area contributed by atoms with Crippen LogP contribution in [0.3, 0.4) is 0 Å². The quantitative estimate of drug-likeness (QED) is 0.0355. The van der Waals surface area contributed by atoms with Crippen molar-refractivity contribution in [3.63, 3.8) is 0 Å². The summed E-state index contributed by atoms with van der Waals surface area (Å²) in [5.74, 6) is 9.32. The highest BCUT2D eigenvalue weighted by Gasteiger charge is 2.37. The molecule has 2 fully saturated rings. The molecule has 0 amide bonds. The summed E-state index contributed by atoms with van der Waals surface area (Å²) in [6.07, 6.45) is 31.9. The van der Waals surface area contributed by atoms with Crippen LogP contribution in [0.1, 0.15) is 300 Å². The SMILES string of the molecule is Cc1c(C)c2c(c(C)c1OC(=O)CCC(=O)OCC1CCN(CCCSCCN3CCC(COC(=O)CCC(=O)Oc4c(C)c(C)c5c(c4C)CCC(C)(CCCC(C)CCCC(C)CCCC(C)C)O5)CC3)CC1)CCC(C)(CCCC(C)CCCC(C)CCCC(C)C)O2. The van der Waals surface area contributed by atoms with Gasteiger partial charge < -0.3 is 38.2 Å². The van der Waals surface area contributed by atoms with E-state index in [2.05, 4.69) is 92.9 Å². The number of hydrogen-bond acceptors (Lipinski definition) is 13. The van der Waals surface area contributed by atoms with Gasteiger partial charge in [-0.25, -0.2) is 0 Å². The maximum atomic E-state index is 13.2. The first-order chi connectivity index (χ1) is 45.7. The Morgan fingerprint density at radius 3 is 1.16 bits per heavy atom. The first kappa shape index (κ1) is 81.2. The Hall–Kier alpha value is -3.81. The Bertz CT molecular complexity index is 2530. The summed E-state index contributed by atoms with van der Waals surface area (Å²) in [6.45, 7) is 42.8. The second kappa shape index (κ2) is 41.2. The molecular weight excluding hydrogens is 1220 g/mol. The van der Waals surface area contributed by atoms with Crippen LogP contribution < -0.4 is 18.9 Å². The third kappa shape index (κ3) is 27.6. The predicted octanol–water partition coefficient (Wildman–Crippen LogP) is 20.3. The van der Waals surface area contributed by atoms with Crippen LogP contribution in [0, 0.1) is 88.9 Å². The molecular formula is C83H138N2O10S. The number of rotatable bonds is 43. The molecule has 12 nitrogen and oxygen atoms in total. The van der Waals surface area contributed by atoms with Gasteiger partial charge in [0.2, 0.25) is 0 Å². The summed E-state index contributed by atoms with van der Waals surface area (Å²) in [5, 5.41) is 0. The van der Waals surface area contributed by atoms with Crippen LogP contribution in [0.15, 0.2) is 0 Å². The van der Waals surface area contributed by atoms with Crippen molar-refractivity contribution >= 4 is 35.6 Å². The molecule has 4 aliphatic rings. The molecule has 546 valence electrons. The number of hydrogen-bond donors (Lipinski definition) is 0. The lowest BCUT2D eigenvalue weighted by Crippen LogP contribution is -2.37. The van der Waals surface area contributed by atoms with Crippen molar-refractivity contribution in [2.45, 2.75) is 321 Å². The van der Waals surface area contributed by atoms with Crippen molar-refractivity contribution in [3.05, 3.63) is 44.5 Å². The zero-order chi connectivity index (χ0) is 70.0. The lowest BCUT2D eigenvalue weighted by molar-refractivity contribution is -0.148. The van der Waals surface area contributed by atoms with Crippen molar-refractivity contribution in [3.8, 4) is 23.0 Å². The van der Waals surface area contributed by atoms with Crippen LogP contribution in [-0.2, 0) is 41.5 Å². The van der Waals surface area contributed by atoms with E-state index in [0.29, 0.717) is 36.5 Å². The van der Waals surface area contributed by atoms with E-state index in [4.69, 9.17) is 28.4 Å². The standard InChI is InChI=1S/C83H138N2O10S/c1-58(2)24-17-26-60(5)28-19-30-62(7)32-21-44-82(15)46-38-72-68(13)78(64(9)66(11)80(72)94-82)92-76(88)36-34-74(86)90-56-70-40-49-84(50-41-70)48-23-54-96-55-53-85-51-42-71(43-52-85)57-91-75(87)35-37-77(89)93-79-65(10)67(12)81-73(69(79)14)39-47-83(16,95-81)45-22-33-63(8)31-20-29-61(6)27-18-25-59(3)4/h58-63,70-71H,17-57H2,1-16H3. The van der Waals surface area contributed by atoms with Crippen molar-refractivity contribution in [2.24, 2.45) is 47.3 Å². The lowest BCUT2D eigenvalue weighted by atomic mass is 9.83. The second-order valence-electron chi connectivity index (χ2n) is 32.7. The highest BCUT2D eigenvalue weighted by atomic mass is 32.2. The predicted molar refractivity (Wildman–Crippen MR) is 397 cm³/mol. The maximum absolute atomic E-state index is 13.2. The number of thioether (sulfide) groups is 1. The minimum atomic E-state index is -0.406. The fourth-order valence-corrected chi connectivity index (χ4v) is 16.5. The molecule has 0 saturated carbocycles. The van der Waals surface area contributed by atoms with Gasteiger partial charge in [0.05, 0.1) is 38.9 Å². The third-order valence-electron chi connectivity index (χ3n) is 22.9. The number of esters is 4. The van der Waals surface area contributed by atoms with Gasteiger partial charge in [-0.2, -0.15) is 11.8 Å². The van der Waals surface area contributed by atoms with E-state index in [9.17, 15) is 19.2 Å². The number of piperidine rings is 2. The molecule has 13 heteroatoms. The third-order valence-corrected chi connectivity index (χ3v) is 23.9. The van der Waals surface area contributed by atoms with Crippen LogP contribution in [0.2, 0.25) is 0 Å². The Kier molecular flexibility index (Phi) is 34.8. The van der Waals surface area contributed by atoms with Gasteiger partial charge in [0.25, 0.3) is 0 Å². The minimum Gasteiger partial charge on any atom is -0.487 e. The Morgan fingerprint density at radius 2 is 0.781 bits per heavy atom. The average molecular weight is 1360 g/mol. The van der Waals surface area contributed by atoms with Gasteiger partial charge in [0.15, 0.2) is 0 Å². The zero-order valence-corrected chi connectivity index (χ0v) is 64.8. The molecule has 2 aromatic rings. The molecule has 0 radical (unpaired) electrons. The van der Waals surface area contributed by atoms with E-state index in [1.165, 1.54) is 103 Å². The molecule has 0 aromatic heterocycles. The van der Waals surface area contributed by atoms with E-state index in [-0.39, 0.29) is 48.8 Å². The number of fused-ring (bicyclic) bond motifs is 2. The lowest BCUT2D eigenvalue weighted by Gasteiger charge is -2.38. The summed E-state index contributed by atoms with van der Waals surface area (Å²) in [6, 6.07) is 0. The number of nitrogens with zero attached hydrogens (tertiary/aromatic N) is 2. The van der Waals surface area contributed by atoms with Gasteiger partial charge in [-0.05, 0) is 258 Å². The van der Waals surface area contributed by atoms with E-state index < -0.39 is 11.9 Å². The van der Waals surface area contributed by atoms with Crippen LogP contribution >= 0.6 is 11.8 Å². The van der Waals surface area contributed by atoms with E-state index in [0.717, 1.165) is 213 Å². The van der Waals surface area contributed by atoms with Crippen molar-refractivity contribution in [1.82, 2.24) is 9.80 Å². The van der Waals surface area contributed by atoms with Gasteiger partial charge in [0, 0.05) is 23.4 Å². The van der Waals surface area contributed by atoms with Crippen LogP contribution in [0.25, 0.3) is 0 Å². The Morgan fingerprint density at radius 1 is 0.438 bits per heavy atom. The molecule has 0 N–H and O–H groups in total. The second-order valence-corrected chi connectivity index (χ2v) is 33.9. The fourth-order valence-electron chi connectivity index (χ4n) is 15.6. The van der Waals surface area contributed by atoms with E-state index >= 15 is 0 Å². The van der Waals surface area contributed by atoms with E-state index in [1.54, 1.807) is 0 Å². The largest absolute Gasteiger partial charge is 0.487 e. The Balaban J connectivity index is 0.755. The van der Waals surface area contributed by atoms with Crippen LogP contribution in [0.5, 0.6) is 23.0 Å². The monoisotopic (exact) mass is 1360 g/mol. The number of likely N-dealkylation sites (tertiary alicyclic amines) is 2. The summed E-state index contributed by atoms with van der Waals surface area (Å²) >= 11 is 2.03. The number of ether oxygens (including phenoxy) is 6. The molecule has 6 unspecified atom stereocenters. The highest BCUT2D eigenvalue weighted by molar-refractivity contribution is 7.99. The molecule has 2 aromatic carbocycles. The van der Waals surface area contributed by atoms with Gasteiger partial charge in [-0.15, -0.1) is 0 Å². The first-order valence-electron chi connectivity index (χ1n) is 39.1. The van der Waals surface area contributed by atoms with Gasteiger partial charge in [0.1, 0.15) is 34.2 Å². The topological polar surface area (TPSA) is 130 Å². The summed E-state index contributed by atoms with van der Waals surface area (Å²) in [4.78, 5) is 57.2. The number of carbonyl (C=O) groups excluding carboxylic acids is 4. The average Bonchev–Trinajstić information content (AvgIpc) is 0.768. The fraction of sp³-hybridized carbons (Fsp3) is 0.807. The first-order valence-corrected chi connectivity index (χ1v) is 40.3. The number of carbonyl (C=O) groups is 4. The number of benzene rings is 2. The molecule has 4 heterocycles. The van der Waals surface area contributed by atoms with Crippen molar-refractivity contribution < 1.29 is 47.6 Å². The molecule has 0 spiro atoms. The molecule has 0 aliphatic carbocycles.